The Kier molecular flexibility index (Phi) is 6.21. The highest BCUT2D eigenvalue weighted by Gasteiger charge is 2.21. The van der Waals surface area contributed by atoms with Crippen LogP contribution in [0.4, 0.5) is 10.2 Å². The Morgan fingerprint density at radius 3 is 2.44 bits per heavy atom. The predicted octanol–water partition coefficient (Wildman–Crippen LogP) is 3.24. The van der Waals surface area contributed by atoms with Gasteiger partial charge < -0.3 is 15.1 Å². The van der Waals surface area contributed by atoms with Crippen molar-refractivity contribution in [3.8, 4) is 0 Å². The van der Waals surface area contributed by atoms with Crippen molar-refractivity contribution in [3.63, 3.8) is 0 Å². The van der Waals surface area contributed by atoms with E-state index in [2.05, 4.69) is 33.9 Å². The fourth-order valence-corrected chi connectivity index (χ4v) is 3.28. The Morgan fingerprint density at radius 1 is 1.15 bits per heavy atom. The Bertz CT molecular complexity index is 785. The number of halogens is 1. The second-order valence-corrected chi connectivity index (χ2v) is 7.53. The van der Waals surface area contributed by atoms with E-state index in [-0.39, 0.29) is 5.82 Å². The standard InChI is InChI=1S/C20H26FN5S/c1-14(2)19-23-15(3)12-18(24-19)25-8-10-26(11-9-25)20(27)22-13-16-4-6-17(21)7-5-16/h4-7,12,14H,8-11,13H2,1-3H3,(H,22,27). The van der Waals surface area contributed by atoms with E-state index in [0.717, 1.165) is 54.2 Å². The summed E-state index contributed by atoms with van der Waals surface area (Å²) in [5, 5.41) is 4.00. The first kappa shape index (κ1) is 19.5. The normalized spacial score (nSPS) is 14.6. The number of nitrogens with zero attached hydrogens (tertiary/aromatic N) is 4. The maximum atomic E-state index is 13.0. The van der Waals surface area contributed by atoms with E-state index < -0.39 is 0 Å². The Balaban J connectivity index is 1.54. The van der Waals surface area contributed by atoms with Gasteiger partial charge in [0.15, 0.2) is 5.11 Å². The zero-order valence-corrected chi connectivity index (χ0v) is 16.9. The summed E-state index contributed by atoms with van der Waals surface area (Å²) in [5.41, 5.74) is 2.01. The minimum atomic E-state index is -0.224. The highest BCUT2D eigenvalue weighted by atomic mass is 32.1. The van der Waals surface area contributed by atoms with Gasteiger partial charge in [0.25, 0.3) is 0 Å². The Labute approximate surface area is 165 Å². The third kappa shape index (κ3) is 5.13. The molecule has 0 bridgehead atoms. The van der Waals surface area contributed by atoms with Crippen LogP contribution in [0.15, 0.2) is 30.3 Å². The number of hydrogen-bond donors (Lipinski definition) is 1. The lowest BCUT2D eigenvalue weighted by atomic mass is 10.2. The highest BCUT2D eigenvalue weighted by molar-refractivity contribution is 7.80. The smallest absolute Gasteiger partial charge is 0.169 e. The summed E-state index contributed by atoms with van der Waals surface area (Å²) in [6.45, 7) is 10.3. The van der Waals surface area contributed by atoms with Gasteiger partial charge in [0.2, 0.25) is 0 Å². The average Bonchev–Trinajstić information content (AvgIpc) is 2.67. The lowest BCUT2D eigenvalue weighted by Gasteiger charge is -2.37. The van der Waals surface area contributed by atoms with Crippen molar-refractivity contribution >= 4 is 23.1 Å². The molecule has 2 aromatic rings. The molecular weight excluding hydrogens is 361 g/mol. The number of thiocarbonyl (C=S) groups is 1. The first-order valence-corrected chi connectivity index (χ1v) is 9.71. The van der Waals surface area contributed by atoms with Crippen molar-refractivity contribution in [2.75, 3.05) is 31.1 Å². The number of aromatic nitrogens is 2. The molecule has 1 aromatic carbocycles. The number of rotatable bonds is 4. The number of benzene rings is 1. The van der Waals surface area contributed by atoms with Gasteiger partial charge in [0, 0.05) is 50.4 Å². The van der Waals surface area contributed by atoms with Gasteiger partial charge >= 0.3 is 0 Å². The molecule has 1 N–H and O–H groups in total. The molecule has 1 saturated heterocycles. The molecule has 1 aliphatic rings. The van der Waals surface area contributed by atoms with Gasteiger partial charge in [-0.2, -0.15) is 0 Å². The summed E-state index contributed by atoms with van der Waals surface area (Å²) < 4.78 is 13.0. The highest BCUT2D eigenvalue weighted by Crippen LogP contribution is 2.18. The summed E-state index contributed by atoms with van der Waals surface area (Å²) >= 11 is 5.53. The Hall–Kier alpha value is -2.28. The van der Waals surface area contributed by atoms with Crippen LogP contribution in [0, 0.1) is 12.7 Å². The average molecular weight is 388 g/mol. The first-order chi connectivity index (χ1) is 12.9. The molecular formula is C20H26FN5S. The fraction of sp³-hybridized carbons (Fsp3) is 0.450. The monoisotopic (exact) mass is 387 g/mol. The second-order valence-electron chi connectivity index (χ2n) is 7.14. The molecule has 144 valence electrons. The van der Waals surface area contributed by atoms with Crippen LogP contribution in [0.1, 0.15) is 36.8 Å². The van der Waals surface area contributed by atoms with Crippen LogP contribution >= 0.6 is 12.2 Å². The van der Waals surface area contributed by atoms with Gasteiger partial charge in [-0.1, -0.05) is 26.0 Å². The van der Waals surface area contributed by atoms with Gasteiger partial charge in [0.1, 0.15) is 17.5 Å². The third-order valence-electron chi connectivity index (χ3n) is 4.62. The summed E-state index contributed by atoms with van der Waals surface area (Å²) in [6.07, 6.45) is 0. The van der Waals surface area contributed by atoms with Crippen molar-refractivity contribution in [1.82, 2.24) is 20.2 Å². The predicted molar refractivity (Wildman–Crippen MR) is 110 cm³/mol. The van der Waals surface area contributed by atoms with Crippen LogP contribution < -0.4 is 10.2 Å². The molecule has 5 nitrogen and oxygen atoms in total. The van der Waals surface area contributed by atoms with E-state index in [4.69, 9.17) is 17.2 Å². The number of piperazine rings is 1. The van der Waals surface area contributed by atoms with E-state index >= 15 is 0 Å². The van der Waals surface area contributed by atoms with Gasteiger partial charge in [-0.05, 0) is 36.8 Å². The molecule has 0 radical (unpaired) electrons. The summed E-state index contributed by atoms with van der Waals surface area (Å²) in [5.74, 6) is 1.98. The Morgan fingerprint density at radius 2 is 1.81 bits per heavy atom. The number of anilines is 1. The zero-order chi connectivity index (χ0) is 19.4. The SMILES string of the molecule is Cc1cc(N2CCN(C(=S)NCc3ccc(F)cc3)CC2)nc(C(C)C)n1. The maximum absolute atomic E-state index is 13.0. The topological polar surface area (TPSA) is 44.3 Å². The molecule has 1 fully saturated rings. The van der Waals surface area contributed by atoms with Crippen LogP contribution in [0.25, 0.3) is 0 Å². The minimum absolute atomic E-state index is 0.224. The van der Waals surface area contributed by atoms with Crippen LogP contribution in [0.5, 0.6) is 0 Å². The van der Waals surface area contributed by atoms with Crippen molar-refractivity contribution in [2.24, 2.45) is 0 Å². The quantitative estimate of drug-likeness (QED) is 0.813. The molecule has 0 atom stereocenters. The maximum Gasteiger partial charge on any atom is 0.169 e. The van der Waals surface area contributed by atoms with E-state index in [1.165, 1.54) is 12.1 Å². The lowest BCUT2D eigenvalue weighted by molar-refractivity contribution is 0.378. The molecule has 0 amide bonds. The van der Waals surface area contributed by atoms with E-state index in [1.807, 2.05) is 13.0 Å². The third-order valence-corrected chi connectivity index (χ3v) is 5.02. The summed E-state index contributed by atoms with van der Waals surface area (Å²) in [4.78, 5) is 13.7. The first-order valence-electron chi connectivity index (χ1n) is 9.30. The molecule has 2 heterocycles. The fourth-order valence-electron chi connectivity index (χ4n) is 3.03. The van der Waals surface area contributed by atoms with Crippen molar-refractivity contribution in [3.05, 3.63) is 53.2 Å². The van der Waals surface area contributed by atoms with Crippen LogP contribution in [-0.2, 0) is 6.54 Å². The van der Waals surface area contributed by atoms with E-state index in [1.54, 1.807) is 12.1 Å². The van der Waals surface area contributed by atoms with Crippen LogP contribution in [0.3, 0.4) is 0 Å². The molecule has 27 heavy (non-hydrogen) atoms. The second kappa shape index (κ2) is 8.61. The van der Waals surface area contributed by atoms with E-state index in [9.17, 15) is 4.39 Å². The molecule has 0 unspecified atom stereocenters. The molecule has 0 spiro atoms. The molecule has 1 aliphatic heterocycles. The van der Waals surface area contributed by atoms with Crippen LogP contribution in [0.2, 0.25) is 0 Å². The van der Waals surface area contributed by atoms with Crippen molar-refractivity contribution in [1.29, 1.82) is 0 Å². The number of aryl methyl sites for hydroxylation is 1. The van der Waals surface area contributed by atoms with Gasteiger partial charge in [0.05, 0.1) is 0 Å². The van der Waals surface area contributed by atoms with Gasteiger partial charge in [-0.3, -0.25) is 0 Å². The molecule has 0 aliphatic carbocycles. The molecule has 7 heteroatoms. The van der Waals surface area contributed by atoms with Crippen molar-refractivity contribution < 1.29 is 4.39 Å². The summed E-state index contributed by atoms with van der Waals surface area (Å²) in [6, 6.07) is 8.52. The number of nitrogens with one attached hydrogen (secondary N) is 1. The van der Waals surface area contributed by atoms with E-state index in [0.29, 0.717) is 12.5 Å². The minimum Gasteiger partial charge on any atom is -0.358 e. The van der Waals surface area contributed by atoms with Gasteiger partial charge in [-0.25, -0.2) is 14.4 Å². The largest absolute Gasteiger partial charge is 0.358 e. The lowest BCUT2D eigenvalue weighted by Crippen LogP contribution is -2.51. The van der Waals surface area contributed by atoms with Crippen LogP contribution in [-0.4, -0.2) is 46.2 Å². The zero-order valence-electron chi connectivity index (χ0n) is 16.1. The summed E-state index contributed by atoms with van der Waals surface area (Å²) in [7, 11) is 0. The van der Waals surface area contributed by atoms with Crippen molar-refractivity contribution in [2.45, 2.75) is 33.2 Å². The number of hydrogen-bond acceptors (Lipinski definition) is 4. The molecule has 0 saturated carbocycles. The molecule has 3 rings (SSSR count). The van der Waals surface area contributed by atoms with Gasteiger partial charge in [-0.15, -0.1) is 0 Å². The molecule has 1 aromatic heterocycles.